The van der Waals surface area contributed by atoms with Crippen molar-refractivity contribution in [1.29, 1.82) is 0 Å². The zero-order valence-corrected chi connectivity index (χ0v) is 13.7. The third kappa shape index (κ3) is 5.01. The van der Waals surface area contributed by atoms with Crippen molar-refractivity contribution < 1.29 is 17.9 Å². The van der Waals surface area contributed by atoms with Crippen molar-refractivity contribution in [3.05, 3.63) is 22.2 Å². The maximum absolute atomic E-state index is 11.9. The Morgan fingerprint density at radius 3 is 2.65 bits per heavy atom. The summed E-state index contributed by atoms with van der Waals surface area (Å²) < 4.78 is 31.7. The molecular weight excluding hydrogens is 348 g/mol. The minimum absolute atomic E-state index is 0.196. The molecule has 3 N–H and O–H groups in total. The highest BCUT2D eigenvalue weighted by Gasteiger charge is 2.16. The van der Waals surface area contributed by atoms with Crippen LogP contribution in [0.4, 0.5) is 11.4 Å². The Bertz CT molecular complexity index is 578. The Morgan fingerprint density at radius 2 is 2.10 bits per heavy atom. The van der Waals surface area contributed by atoms with Gasteiger partial charge in [0.25, 0.3) is 0 Å². The number of hydrogen-bond donors (Lipinski definition) is 2. The smallest absolute Gasteiger partial charge is 0.306 e. The lowest BCUT2D eigenvalue weighted by atomic mass is 10.2. The number of benzene rings is 1. The number of anilines is 2. The van der Waals surface area contributed by atoms with Crippen molar-refractivity contribution in [3.8, 4) is 0 Å². The predicted octanol–water partition coefficient (Wildman–Crippen LogP) is 2.03. The molecule has 0 aliphatic rings. The Morgan fingerprint density at radius 1 is 1.45 bits per heavy atom. The minimum Gasteiger partial charge on any atom is -0.466 e. The van der Waals surface area contributed by atoms with Crippen molar-refractivity contribution in [2.24, 2.45) is 0 Å². The molecule has 8 heteroatoms. The van der Waals surface area contributed by atoms with Crippen molar-refractivity contribution in [2.75, 3.05) is 22.8 Å². The topological polar surface area (TPSA) is 98.5 Å². The molecule has 112 valence electrons. The first-order chi connectivity index (χ1) is 9.25. The Labute approximate surface area is 126 Å². The molecule has 0 radical (unpaired) electrons. The Hall–Kier alpha value is -1.28. The summed E-state index contributed by atoms with van der Waals surface area (Å²) in [6.07, 6.45) is -0.196. The highest BCUT2D eigenvalue weighted by molar-refractivity contribution is 9.10. The number of nitrogens with two attached hydrogens (primary N) is 1. The molecule has 0 bridgehead atoms. The van der Waals surface area contributed by atoms with Gasteiger partial charge in [-0.1, -0.05) is 15.9 Å². The number of esters is 1. The summed E-state index contributed by atoms with van der Waals surface area (Å²) >= 11 is 3.28. The van der Waals surface area contributed by atoms with E-state index in [4.69, 9.17) is 5.73 Å². The molecule has 0 aliphatic carbocycles. The summed E-state index contributed by atoms with van der Waals surface area (Å²) in [5.74, 6) is -0.890. The van der Waals surface area contributed by atoms with Gasteiger partial charge in [0.05, 0.1) is 30.2 Å². The van der Waals surface area contributed by atoms with Gasteiger partial charge in [0, 0.05) is 4.47 Å². The van der Waals surface area contributed by atoms with Crippen LogP contribution in [-0.2, 0) is 19.6 Å². The van der Waals surface area contributed by atoms with E-state index in [2.05, 4.69) is 25.4 Å². The number of ether oxygens (including phenoxy) is 1. The second kappa shape index (κ2) is 6.94. The van der Waals surface area contributed by atoms with E-state index in [1.54, 1.807) is 26.0 Å². The molecule has 0 aromatic heterocycles. The summed E-state index contributed by atoms with van der Waals surface area (Å²) in [4.78, 5) is 11.2. The lowest BCUT2D eigenvalue weighted by molar-refractivity contribution is -0.142. The standard InChI is InChI=1S/C12H17BrN2O4S/c1-3-19-11(16)4-5-20(17,18)15-12-8(2)6-9(13)7-10(12)14/h6-7,15H,3-5,14H2,1-2H3. The van der Waals surface area contributed by atoms with E-state index in [1.807, 2.05) is 0 Å². The lowest BCUT2D eigenvalue weighted by Crippen LogP contribution is -2.21. The average molecular weight is 365 g/mol. The third-order valence-corrected chi connectivity index (χ3v) is 4.18. The van der Waals surface area contributed by atoms with Crippen LogP contribution in [0.1, 0.15) is 18.9 Å². The molecule has 6 nitrogen and oxygen atoms in total. The van der Waals surface area contributed by atoms with Crippen molar-refractivity contribution in [2.45, 2.75) is 20.3 Å². The van der Waals surface area contributed by atoms with Gasteiger partial charge >= 0.3 is 5.97 Å². The van der Waals surface area contributed by atoms with Gasteiger partial charge in [0.1, 0.15) is 0 Å². The number of sulfonamides is 1. The van der Waals surface area contributed by atoms with Gasteiger partial charge in [-0.2, -0.15) is 0 Å². The molecule has 20 heavy (non-hydrogen) atoms. The summed E-state index contributed by atoms with van der Waals surface area (Å²) in [5, 5.41) is 0. The van der Waals surface area contributed by atoms with Gasteiger partial charge in [0.2, 0.25) is 10.0 Å². The fraction of sp³-hybridized carbons (Fsp3) is 0.417. The highest BCUT2D eigenvalue weighted by atomic mass is 79.9. The van der Waals surface area contributed by atoms with Gasteiger partial charge in [-0.25, -0.2) is 8.42 Å². The molecular formula is C12H17BrN2O4S. The van der Waals surface area contributed by atoms with E-state index in [-0.39, 0.29) is 18.8 Å². The van der Waals surface area contributed by atoms with Crippen LogP contribution in [0.5, 0.6) is 0 Å². The number of nitrogens with one attached hydrogen (secondary N) is 1. The molecule has 0 fully saturated rings. The van der Waals surface area contributed by atoms with Crippen LogP contribution in [0, 0.1) is 6.92 Å². The first-order valence-corrected chi connectivity index (χ1v) is 8.41. The van der Waals surface area contributed by atoms with Gasteiger partial charge in [-0.3, -0.25) is 9.52 Å². The molecule has 1 aromatic carbocycles. The fourth-order valence-electron chi connectivity index (χ4n) is 1.57. The summed E-state index contributed by atoms with van der Waals surface area (Å²) in [7, 11) is -3.65. The molecule has 0 atom stereocenters. The lowest BCUT2D eigenvalue weighted by Gasteiger charge is -2.13. The number of hydrogen-bond acceptors (Lipinski definition) is 5. The van der Waals surface area contributed by atoms with Crippen LogP contribution >= 0.6 is 15.9 Å². The molecule has 1 rings (SSSR count). The summed E-state index contributed by atoms with van der Waals surface area (Å²) in [6, 6.07) is 3.36. The zero-order valence-electron chi connectivity index (χ0n) is 11.3. The molecule has 0 aliphatic heterocycles. The SMILES string of the molecule is CCOC(=O)CCS(=O)(=O)Nc1c(C)cc(Br)cc1N. The third-order valence-electron chi connectivity index (χ3n) is 2.47. The first kappa shape index (κ1) is 16.8. The number of carbonyl (C=O) groups is 1. The largest absolute Gasteiger partial charge is 0.466 e. The van der Waals surface area contributed by atoms with Crippen LogP contribution in [0.2, 0.25) is 0 Å². The number of nitrogen functional groups attached to an aromatic ring is 1. The van der Waals surface area contributed by atoms with Gasteiger partial charge in [-0.05, 0) is 31.5 Å². The van der Waals surface area contributed by atoms with Crippen LogP contribution in [0.15, 0.2) is 16.6 Å². The van der Waals surface area contributed by atoms with Crippen molar-refractivity contribution in [1.82, 2.24) is 0 Å². The number of aryl methyl sites for hydroxylation is 1. The quantitative estimate of drug-likeness (QED) is 0.594. The summed E-state index contributed by atoms with van der Waals surface area (Å²) in [6.45, 7) is 3.63. The van der Waals surface area contributed by atoms with E-state index < -0.39 is 16.0 Å². The monoisotopic (exact) mass is 364 g/mol. The molecule has 0 saturated heterocycles. The maximum atomic E-state index is 11.9. The molecule has 0 spiro atoms. The van der Waals surface area contributed by atoms with E-state index >= 15 is 0 Å². The molecule has 1 aromatic rings. The number of halogens is 1. The van der Waals surface area contributed by atoms with Crippen LogP contribution < -0.4 is 10.5 Å². The molecule has 0 heterocycles. The van der Waals surface area contributed by atoms with Crippen LogP contribution in [0.3, 0.4) is 0 Å². The average Bonchev–Trinajstić information content (AvgIpc) is 2.32. The normalized spacial score (nSPS) is 11.2. The molecule has 0 saturated carbocycles. The van der Waals surface area contributed by atoms with Gasteiger partial charge in [0.15, 0.2) is 0 Å². The second-order valence-corrected chi connectivity index (χ2v) is 6.92. The second-order valence-electron chi connectivity index (χ2n) is 4.16. The fourth-order valence-corrected chi connectivity index (χ4v) is 3.28. The van der Waals surface area contributed by atoms with Crippen molar-refractivity contribution in [3.63, 3.8) is 0 Å². The maximum Gasteiger partial charge on any atom is 0.306 e. The predicted molar refractivity (Wildman–Crippen MR) is 82.0 cm³/mol. The van der Waals surface area contributed by atoms with Crippen molar-refractivity contribution >= 4 is 43.3 Å². The van der Waals surface area contributed by atoms with Gasteiger partial charge in [-0.15, -0.1) is 0 Å². The van der Waals surface area contributed by atoms with Crippen LogP contribution in [0.25, 0.3) is 0 Å². The summed E-state index contributed by atoms with van der Waals surface area (Å²) in [5.41, 5.74) is 7.12. The van der Waals surface area contributed by atoms with E-state index in [0.29, 0.717) is 16.9 Å². The molecule has 0 amide bonds. The molecule has 0 unspecified atom stereocenters. The van der Waals surface area contributed by atoms with E-state index in [1.165, 1.54) is 0 Å². The van der Waals surface area contributed by atoms with E-state index in [9.17, 15) is 13.2 Å². The number of carbonyl (C=O) groups excluding carboxylic acids is 1. The first-order valence-electron chi connectivity index (χ1n) is 5.97. The minimum atomic E-state index is -3.65. The van der Waals surface area contributed by atoms with Gasteiger partial charge < -0.3 is 10.5 Å². The van der Waals surface area contributed by atoms with Crippen LogP contribution in [-0.4, -0.2) is 26.7 Å². The highest BCUT2D eigenvalue weighted by Crippen LogP contribution is 2.28. The zero-order chi connectivity index (χ0) is 15.3. The Balaban J connectivity index is 2.79. The van der Waals surface area contributed by atoms with E-state index in [0.717, 1.165) is 4.47 Å². The number of rotatable bonds is 6. The Kier molecular flexibility index (Phi) is 5.82.